The van der Waals surface area contributed by atoms with Gasteiger partial charge in [-0.25, -0.2) is 0 Å². The van der Waals surface area contributed by atoms with Crippen molar-refractivity contribution in [1.82, 2.24) is 0 Å². The fourth-order valence-corrected chi connectivity index (χ4v) is 2.59. The van der Waals surface area contributed by atoms with Crippen LogP contribution in [-0.2, 0) is 9.53 Å². The highest BCUT2D eigenvalue weighted by atomic mass is 79.9. The zero-order valence-electron chi connectivity index (χ0n) is 11.1. The van der Waals surface area contributed by atoms with Crippen LogP contribution in [0.1, 0.15) is 12.8 Å². The van der Waals surface area contributed by atoms with Gasteiger partial charge in [-0.1, -0.05) is 15.9 Å². The molecule has 1 N–H and O–H groups in total. The molecule has 1 aromatic carbocycles. The second-order valence-corrected chi connectivity index (χ2v) is 5.56. The predicted octanol–water partition coefficient (Wildman–Crippen LogP) is 2.72. The van der Waals surface area contributed by atoms with E-state index in [4.69, 9.17) is 9.47 Å². The van der Waals surface area contributed by atoms with E-state index in [0.717, 1.165) is 4.47 Å². The van der Waals surface area contributed by atoms with Crippen molar-refractivity contribution in [3.8, 4) is 11.8 Å². The molecule has 1 heterocycles. The third-order valence-electron chi connectivity index (χ3n) is 3.36. The summed E-state index contributed by atoms with van der Waals surface area (Å²) < 4.78 is 11.2. The van der Waals surface area contributed by atoms with Crippen LogP contribution in [-0.4, -0.2) is 26.2 Å². The molecule has 106 valence electrons. The first-order chi connectivity index (χ1) is 9.59. The third-order valence-corrected chi connectivity index (χ3v) is 3.82. The topological polar surface area (TPSA) is 71.3 Å². The van der Waals surface area contributed by atoms with E-state index in [2.05, 4.69) is 27.3 Å². The Morgan fingerprint density at radius 1 is 1.45 bits per heavy atom. The van der Waals surface area contributed by atoms with Crippen LogP contribution in [0.25, 0.3) is 0 Å². The number of ether oxygens (including phenoxy) is 2. The maximum Gasteiger partial charge on any atom is 0.245 e. The van der Waals surface area contributed by atoms with Crippen LogP contribution in [0.3, 0.4) is 0 Å². The van der Waals surface area contributed by atoms with Gasteiger partial charge in [0.05, 0.1) is 13.2 Å². The van der Waals surface area contributed by atoms with Gasteiger partial charge < -0.3 is 14.8 Å². The fourth-order valence-electron chi connectivity index (χ4n) is 2.11. The third kappa shape index (κ3) is 3.11. The largest absolute Gasteiger partial charge is 0.497 e. The quantitative estimate of drug-likeness (QED) is 0.919. The summed E-state index contributed by atoms with van der Waals surface area (Å²) >= 11 is 3.35. The average Bonchev–Trinajstić information content (AvgIpc) is 2.47. The van der Waals surface area contributed by atoms with Crippen LogP contribution >= 0.6 is 15.9 Å². The molecule has 0 aliphatic carbocycles. The second kappa shape index (κ2) is 6.25. The van der Waals surface area contributed by atoms with Crippen LogP contribution in [0.15, 0.2) is 22.7 Å². The summed E-state index contributed by atoms with van der Waals surface area (Å²) in [6.07, 6.45) is 0.834. The molecule has 20 heavy (non-hydrogen) atoms. The van der Waals surface area contributed by atoms with E-state index >= 15 is 0 Å². The van der Waals surface area contributed by atoms with Gasteiger partial charge in [0, 0.05) is 29.4 Å². The number of rotatable bonds is 3. The van der Waals surface area contributed by atoms with Gasteiger partial charge in [-0.05, 0) is 25.0 Å². The molecule has 0 unspecified atom stereocenters. The number of nitrogens with zero attached hydrogens (tertiary/aromatic N) is 1. The molecule has 1 aliphatic rings. The lowest BCUT2D eigenvalue weighted by Crippen LogP contribution is -2.39. The SMILES string of the molecule is COc1cc(Br)cc(NC(=O)C2(C#N)CCOCC2)c1. The van der Waals surface area contributed by atoms with E-state index in [-0.39, 0.29) is 5.91 Å². The lowest BCUT2D eigenvalue weighted by Gasteiger charge is -2.29. The molecule has 1 amide bonds. The van der Waals surface area contributed by atoms with Crippen molar-refractivity contribution < 1.29 is 14.3 Å². The number of hydrogen-bond donors (Lipinski definition) is 1. The Hall–Kier alpha value is -1.58. The summed E-state index contributed by atoms with van der Waals surface area (Å²) in [5.41, 5.74) is -0.407. The molecular formula is C14H15BrN2O3. The zero-order chi connectivity index (χ0) is 14.6. The monoisotopic (exact) mass is 338 g/mol. The first-order valence-corrected chi connectivity index (χ1v) is 7.04. The summed E-state index contributed by atoms with van der Waals surface area (Å²) in [4.78, 5) is 12.4. The molecule has 5 nitrogen and oxygen atoms in total. The van der Waals surface area contributed by atoms with Crippen molar-refractivity contribution >= 4 is 27.5 Å². The smallest absolute Gasteiger partial charge is 0.245 e. The Morgan fingerprint density at radius 2 is 2.15 bits per heavy atom. The van der Waals surface area contributed by atoms with Crippen LogP contribution in [0.4, 0.5) is 5.69 Å². The fraction of sp³-hybridized carbons (Fsp3) is 0.429. The predicted molar refractivity (Wildman–Crippen MR) is 77.4 cm³/mol. The highest BCUT2D eigenvalue weighted by Gasteiger charge is 2.40. The number of nitrogens with one attached hydrogen (secondary N) is 1. The normalized spacial score (nSPS) is 17.1. The number of halogens is 1. The number of carbonyl (C=O) groups is 1. The van der Waals surface area contributed by atoms with Crippen molar-refractivity contribution in [2.75, 3.05) is 25.6 Å². The lowest BCUT2D eigenvalue weighted by molar-refractivity contribution is -0.126. The van der Waals surface area contributed by atoms with Gasteiger partial charge in [-0.3, -0.25) is 4.79 Å². The molecule has 1 aromatic rings. The summed E-state index contributed by atoms with van der Waals surface area (Å²) in [5, 5.41) is 12.1. The molecule has 2 rings (SSSR count). The van der Waals surface area contributed by atoms with Crippen LogP contribution in [0.2, 0.25) is 0 Å². The number of nitriles is 1. The van der Waals surface area contributed by atoms with Gasteiger partial charge in [-0.15, -0.1) is 0 Å². The van der Waals surface area contributed by atoms with E-state index < -0.39 is 5.41 Å². The number of anilines is 1. The Balaban J connectivity index is 2.18. The highest BCUT2D eigenvalue weighted by Crippen LogP contribution is 2.32. The number of carbonyl (C=O) groups excluding carboxylic acids is 1. The molecule has 0 radical (unpaired) electrons. The molecule has 1 aliphatic heterocycles. The summed E-state index contributed by atoms with van der Waals surface area (Å²) in [6.45, 7) is 0.867. The first kappa shape index (κ1) is 14.8. The molecular weight excluding hydrogens is 324 g/mol. The number of amides is 1. The zero-order valence-corrected chi connectivity index (χ0v) is 12.7. The number of methoxy groups -OCH3 is 1. The Morgan fingerprint density at radius 3 is 2.75 bits per heavy atom. The molecule has 0 bridgehead atoms. The summed E-state index contributed by atoms with van der Waals surface area (Å²) in [5.74, 6) is 0.344. The molecule has 1 saturated heterocycles. The summed E-state index contributed by atoms with van der Waals surface area (Å²) in [7, 11) is 1.56. The van der Waals surface area contributed by atoms with Crippen molar-refractivity contribution in [2.45, 2.75) is 12.8 Å². The molecule has 6 heteroatoms. The lowest BCUT2D eigenvalue weighted by atomic mass is 9.81. The average molecular weight is 339 g/mol. The van der Waals surface area contributed by atoms with Crippen LogP contribution < -0.4 is 10.1 Å². The van der Waals surface area contributed by atoms with Crippen molar-refractivity contribution in [3.05, 3.63) is 22.7 Å². The van der Waals surface area contributed by atoms with Crippen molar-refractivity contribution in [3.63, 3.8) is 0 Å². The van der Waals surface area contributed by atoms with E-state index in [1.807, 2.05) is 0 Å². The van der Waals surface area contributed by atoms with Gasteiger partial charge in [0.25, 0.3) is 0 Å². The van der Waals surface area contributed by atoms with Gasteiger partial charge in [0.2, 0.25) is 5.91 Å². The Bertz CT molecular complexity index is 548. The minimum atomic E-state index is -1.01. The first-order valence-electron chi connectivity index (χ1n) is 6.25. The number of hydrogen-bond acceptors (Lipinski definition) is 4. The molecule has 0 atom stereocenters. The maximum atomic E-state index is 12.4. The Kier molecular flexibility index (Phi) is 4.63. The van der Waals surface area contributed by atoms with E-state index in [1.54, 1.807) is 25.3 Å². The van der Waals surface area contributed by atoms with Crippen LogP contribution in [0.5, 0.6) is 5.75 Å². The second-order valence-electron chi connectivity index (χ2n) is 4.64. The highest BCUT2D eigenvalue weighted by molar-refractivity contribution is 9.10. The number of benzene rings is 1. The van der Waals surface area contributed by atoms with Gasteiger partial charge >= 0.3 is 0 Å². The van der Waals surface area contributed by atoms with Crippen LogP contribution in [0, 0.1) is 16.7 Å². The standard InChI is InChI=1S/C14H15BrN2O3/c1-19-12-7-10(15)6-11(8-12)17-13(18)14(9-16)2-4-20-5-3-14/h6-8H,2-5H2,1H3,(H,17,18). The molecule has 1 fully saturated rings. The maximum absolute atomic E-state index is 12.4. The van der Waals surface area contributed by atoms with E-state index in [9.17, 15) is 10.1 Å². The van der Waals surface area contributed by atoms with Gasteiger partial charge in [-0.2, -0.15) is 5.26 Å². The molecule has 0 saturated carbocycles. The van der Waals surface area contributed by atoms with Crippen molar-refractivity contribution in [2.24, 2.45) is 5.41 Å². The van der Waals surface area contributed by atoms with E-state index in [1.165, 1.54) is 0 Å². The summed E-state index contributed by atoms with van der Waals surface area (Å²) in [6, 6.07) is 7.43. The van der Waals surface area contributed by atoms with Gasteiger partial charge in [0.1, 0.15) is 11.2 Å². The van der Waals surface area contributed by atoms with E-state index in [0.29, 0.717) is 37.5 Å². The minimum Gasteiger partial charge on any atom is -0.497 e. The molecule has 0 spiro atoms. The minimum absolute atomic E-state index is 0.288. The van der Waals surface area contributed by atoms with Gasteiger partial charge in [0.15, 0.2) is 0 Å². The van der Waals surface area contributed by atoms with Crippen molar-refractivity contribution in [1.29, 1.82) is 5.26 Å². The molecule has 0 aromatic heterocycles. The Labute approximate surface area is 126 Å².